The van der Waals surface area contributed by atoms with E-state index >= 15 is 0 Å². The molecule has 1 saturated heterocycles. The number of aliphatic hydroxyl groups excluding tert-OH is 1. The van der Waals surface area contributed by atoms with Crippen LogP contribution in [0, 0.1) is 12.8 Å². The number of cyclic esters (lactones) is 1. The molecule has 2 aliphatic heterocycles. The molecule has 8 nitrogen and oxygen atoms in total. The predicted molar refractivity (Wildman–Crippen MR) is 120 cm³/mol. The lowest BCUT2D eigenvalue weighted by atomic mass is 9.93. The van der Waals surface area contributed by atoms with Crippen LogP contribution in [0.15, 0.2) is 30.6 Å². The van der Waals surface area contributed by atoms with Gasteiger partial charge in [0.25, 0.3) is 0 Å². The number of piperidine rings is 1. The third kappa shape index (κ3) is 3.87. The summed E-state index contributed by atoms with van der Waals surface area (Å²) in [5.74, 6) is -0.354. The summed E-state index contributed by atoms with van der Waals surface area (Å²) in [6.07, 6.45) is 4.23. The van der Waals surface area contributed by atoms with Gasteiger partial charge in [-0.05, 0) is 67.6 Å². The molecule has 0 spiro atoms. The van der Waals surface area contributed by atoms with Crippen LogP contribution < -0.4 is 5.32 Å². The number of fused-ring (bicyclic) bond motifs is 2. The molecule has 5 rings (SSSR count). The second-order valence-electron chi connectivity index (χ2n) is 8.37. The van der Waals surface area contributed by atoms with E-state index in [1.807, 2.05) is 19.1 Å². The second kappa shape index (κ2) is 8.57. The van der Waals surface area contributed by atoms with Crippen molar-refractivity contribution in [3.8, 4) is 0 Å². The number of aromatic nitrogens is 2. The van der Waals surface area contributed by atoms with Gasteiger partial charge in [-0.3, -0.25) is 9.78 Å². The number of ether oxygens (including phenoxy) is 1. The largest absolute Gasteiger partial charge is 0.457 e. The zero-order valence-corrected chi connectivity index (χ0v) is 18.5. The van der Waals surface area contributed by atoms with Crippen molar-refractivity contribution in [1.82, 2.24) is 14.3 Å². The number of pyridine rings is 1. The van der Waals surface area contributed by atoms with E-state index < -0.39 is 6.10 Å². The highest BCUT2D eigenvalue weighted by molar-refractivity contribution is 7.12. The number of nitrogens with zero attached hydrogens (tertiary/aromatic N) is 3. The Morgan fingerprint density at radius 1 is 1.34 bits per heavy atom. The van der Waals surface area contributed by atoms with Gasteiger partial charge < -0.3 is 20.1 Å². The molecule has 2 aliphatic rings. The molecule has 0 aliphatic carbocycles. The number of esters is 1. The Morgan fingerprint density at radius 2 is 2.16 bits per heavy atom. The Kier molecular flexibility index (Phi) is 5.62. The zero-order chi connectivity index (χ0) is 22.2. The van der Waals surface area contributed by atoms with E-state index in [1.165, 1.54) is 11.5 Å². The molecule has 0 bridgehead atoms. The first-order chi connectivity index (χ1) is 15.5. The maximum atomic E-state index is 12.8. The van der Waals surface area contributed by atoms with Gasteiger partial charge in [0.1, 0.15) is 11.6 Å². The molecule has 0 saturated carbocycles. The van der Waals surface area contributed by atoms with Crippen molar-refractivity contribution in [2.45, 2.75) is 32.5 Å². The standard InChI is InChI=1S/C23H24N4O4S/c1-13-15(2-3-16-18(13)12-31-23(16)30)20(28)11-27-8-5-14(6-9-27)21(29)25-22-17-10-24-7-4-19(17)26-32-22/h2-4,7,10,14,20,28H,5-6,8-9,11-12H2,1H3,(H,25,29)/t20-/m0/s1. The molecule has 1 amide bonds. The molecule has 1 atom stereocenters. The van der Waals surface area contributed by atoms with Crippen LogP contribution in [-0.4, -0.2) is 50.9 Å². The number of benzene rings is 1. The van der Waals surface area contributed by atoms with Gasteiger partial charge in [0.05, 0.1) is 22.6 Å². The van der Waals surface area contributed by atoms with Crippen LogP contribution in [0.1, 0.15) is 46.0 Å². The molecule has 32 heavy (non-hydrogen) atoms. The van der Waals surface area contributed by atoms with E-state index in [4.69, 9.17) is 4.74 Å². The van der Waals surface area contributed by atoms with Gasteiger partial charge in [-0.15, -0.1) is 0 Å². The maximum absolute atomic E-state index is 12.8. The van der Waals surface area contributed by atoms with Crippen LogP contribution >= 0.6 is 11.5 Å². The predicted octanol–water partition coefficient (Wildman–Crippen LogP) is 3.05. The summed E-state index contributed by atoms with van der Waals surface area (Å²) in [5, 5.41) is 15.5. The van der Waals surface area contributed by atoms with Crippen molar-refractivity contribution >= 4 is 39.3 Å². The first-order valence-corrected chi connectivity index (χ1v) is 11.5. The van der Waals surface area contributed by atoms with Crippen LogP contribution in [-0.2, 0) is 16.1 Å². The molecule has 166 valence electrons. The second-order valence-corrected chi connectivity index (χ2v) is 9.14. The van der Waals surface area contributed by atoms with E-state index in [0.29, 0.717) is 12.1 Å². The Hall–Kier alpha value is -2.88. The van der Waals surface area contributed by atoms with Crippen molar-refractivity contribution < 1.29 is 19.4 Å². The Balaban J connectivity index is 1.17. The van der Waals surface area contributed by atoms with Gasteiger partial charge >= 0.3 is 5.97 Å². The van der Waals surface area contributed by atoms with Crippen LogP contribution in [0.5, 0.6) is 0 Å². The van der Waals surface area contributed by atoms with E-state index in [0.717, 1.165) is 58.5 Å². The van der Waals surface area contributed by atoms with Gasteiger partial charge in [0, 0.05) is 30.4 Å². The molecular weight excluding hydrogens is 428 g/mol. The van der Waals surface area contributed by atoms with Crippen LogP contribution in [0.2, 0.25) is 0 Å². The number of hydrogen-bond donors (Lipinski definition) is 2. The number of nitrogens with one attached hydrogen (secondary N) is 1. The van der Waals surface area contributed by atoms with E-state index in [-0.39, 0.29) is 24.4 Å². The minimum absolute atomic E-state index is 0.0127. The van der Waals surface area contributed by atoms with Crippen molar-refractivity contribution in [3.63, 3.8) is 0 Å². The third-order valence-corrected chi connectivity index (χ3v) is 7.26. The summed E-state index contributed by atoms with van der Waals surface area (Å²) in [6.45, 7) is 4.17. The lowest BCUT2D eigenvalue weighted by Gasteiger charge is -2.32. The normalized spacial score (nSPS) is 17.9. The number of β-amino-alcohol motifs (C(OH)–C–C–N with tert-alkyl or cyclic N) is 1. The van der Waals surface area contributed by atoms with Gasteiger partial charge in [-0.25, -0.2) is 4.79 Å². The molecule has 1 aromatic carbocycles. The highest BCUT2D eigenvalue weighted by atomic mass is 32.1. The first kappa shape index (κ1) is 21.0. The van der Waals surface area contributed by atoms with Crippen molar-refractivity contribution in [1.29, 1.82) is 0 Å². The van der Waals surface area contributed by atoms with Crippen LogP contribution in [0.4, 0.5) is 5.00 Å². The van der Waals surface area contributed by atoms with E-state index in [9.17, 15) is 14.7 Å². The quantitative estimate of drug-likeness (QED) is 0.573. The number of aliphatic hydroxyl groups is 1. The fourth-order valence-corrected chi connectivity index (χ4v) is 5.29. The SMILES string of the molecule is Cc1c([C@@H](O)CN2CCC(C(=O)Nc3snc4ccncc34)CC2)ccc2c1COC2=O. The topological polar surface area (TPSA) is 105 Å². The Labute approximate surface area is 189 Å². The zero-order valence-electron chi connectivity index (χ0n) is 17.7. The highest BCUT2D eigenvalue weighted by Crippen LogP contribution is 2.31. The summed E-state index contributed by atoms with van der Waals surface area (Å²) in [5.41, 5.74) is 4.04. The summed E-state index contributed by atoms with van der Waals surface area (Å²) in [6, 6.07) is 5.39. The van der Waals surface area contributed by atoms with Crippen molar-refractivity contribution in [3.05, 3.63) is 52.8 Å². The maximum Gasteiger partial charge on any atom is 0.338 e. The molecule has 2 N–H and O–H groups in total. The molecule has 9 heteroatoms. The summed E-state index contributed by atoms with van der Waals surface area (Å²) >= 11 is 1.28. The average Bonchev–Trinajstić information content (AvgIpc) is 3.38. The summed E-state index contributed by atoms with van der Waals surface area (Å²) in [7, 11) is 0. The fourth-order valence-electron chi connectivity index (χ4n) is 4.54. The first-order valence-electron chi connectivity index (χ1n) is 10.7. The minimum atomic E-state index is -0.655. The number of rotatable bonds is 5. The fraction of sp³-hybridized carbons (Fsp3) is 0.391. The number of hydrogen-bond acceptors (Lipinski definition) is 8. The monoisotopic (exact) mass is 452 g/mol. The minimum Gasteiger partial charge on any atom is -0.457 e. The molecule has 1 fully saturated rings. The smallest absolute Gasteiger partial charge is 0.338 e. The van der Waals surface area contributed by atoms with Gasteiger partial charge in [0.15, 0.2) is 0 Å². The molecule has 0 radical (unpaired) electrons. The molecule has 3 aromatic rings. The number of anilines is 1. The average molecular weight is 453 g/mol. The van der Waals surface area contributed by atoms with Crippen molar-refractivity contribution in [2.75, 3.05) is 25.0 Å². The Morgan fingerprint density at radius 3 is 2.97 bits per heavy atom. The lowest BCUT2D eigenvalue weighted by Crippen LogP contribution is -2.40. The summed E-state index contributed by atoms with van der Waals surface area (Å²) < 4.78 is 9.46. The van der Waals surface area contributed by atoms with Gasteiger partial charge in [-0.2, -0.15) is 4.37 Å². The van der Waals surface area contributed by atoms with Crippen LogP contribution in [0.3, 0.4) is 0 Å². The number of likely N-dealkylation sites (tertiary alicyclic amines) is 1. The number of carbonyl (C=O) groups excluding carboxylic acids is 2. The van der Waals surface area contributed by atoms with E-state index in [2.05, 4.69) is 19.6 Å². The van der Waals surface area contributed by atoms with E-state index in [1.54, 1.807) is 18.5 Å². The number of carbonyl (C=O) groups is 2. The number of amides is 1. The Bertz CT molecular complexity index is 1190. The molecule has 0 unspecified atom stereocenters. The molecule has 4 heterocycles. The highest BCUT2D eigenvalue weighted by Gasteiger charge is 2.29. The van der Waals surface area contributed by atoms with Crippen molar-refractivity contribution in [2.24, 2.45) is 5.92 Å². The van der Waals surface area contributed by atoms with Gasteiger partial charge in [-0.1, -0.05) is 6.07 Å². The van der Waals surface area contributed by atoms with Crippen LogP contribution in [0.25, 0.3) is 10.9 Å². The lowest BCUT2D eigenvalue weighted by molar-refractivity contribution is -0.121. The summed E-state index contributed by atoms with van der Waals surface area (Å²) in [4.78, 5) is 30.8. The molecule has 2 aromatic heterocycles. The van der Waals surface area contributed by atoms with Gasteiger partial charge in [0.2, 0.25) is 5.91 Å². The third-order valence-electron chi connectivity index (χ3n) is 6.47. The molecular formula is C23H24N4O4S.